The second kappa shape index (κ2) is 4.79. The van der Waals surface area contributed by atoms with Crippen molar-refractivity contribution in [2.75, 3.05) is 16.8 Å². The lowest BCUT2D eigenvalue weighted by atomic mass is 10.2. The van der Waals surface area contributed by atoms with Gasteiger partial charge < -0.3 is 5.11 Å². The van der Waals surface area contributed by atoms with E-state index in [0.29, 0.717) is 18.8 Å². The molecule has 1 aliphatic heterocycles. The number of carboxylic acid groups (broad SMARTS) is 1. The van der Waals surface area contributed by atoms with Crippen LogP contribution in [0.4, 0.5) is 5.82 Å². The third-order valence-corrected chi connectivity index (χ3v) is 3.49. The lowest BCUT2D eigenvalue weighted by molar-refractivity contribution is -0.117. The van der Waals surface area contributed by atoms with Gasteiger partial charge in [0, 0.05) is 18.3 Å². The molecule has 2 heterocycles. The summed E-state index contributed by atoms with van der Waals surface area (Å²) in [6, 6.07) is 2.85. The summed E-state index contributed by atoms with van der Waals surface area (Å²) < 4.78 is 0. The van der Waals surface area contributed by atoms with Crippen LogP contribution < -0.4 is 4.90 Å². The number of aromatic nitrogens is 2. The van der Waals surface area contributed by atoms with Crippen molar-refractivity contribution in [1.29, 1.82) is 0 Å². The van der Waals surface area contributed by atoms with Gasteiger partial charge >= 0.3 is 5.97 Å². The molecular formula is C10H10BrN3O3. The van der Waals surface area contributed by atoms with Gasteiger partial charge in [0.15, 0.2) is 11.5 Å². The van der Waals surface area contributed by atoms with Gasteiger partial charge in [-0.05, 0) is 18.1 Å². The fourth-order valence-corrected chi connectivity index (χ4v) is 2.12. The Bertz CT molecular complexity index is 449. The highest BCUT2D eigenvalue weighted by molar-refractivity contribution is 9.09. The Kier molecular flexibility index (Phi) is 3.37. The van der Waals surface area contributed by atoms with Crippen molar-refractivity contribution in [3.05, 3.63) is 17.8 Å². The first-order valence-electron chi connectivity index (χ1n) is 5.05. The summed E-state index contributed by atoms with van der Waals surface area (Å²) >= 11 is 3.34. The fraction of sp³-hybridized carbons (Fsp3) is 0.400. The average Bonchev–Trinajstić information content (AvgIpc) is 2.71. The summed E-state index contributed by atoms with van der Waals surface area (Å²) in [4.78, 5) is 23.8. The lowest BCUT2D eigenvalue weighted by Crippen LogP contribution is -2.26. The number of rotatable bonds is 3. The molecule has 1 aliphatic rings. The average molecular weight is 300 g/mol. The van der Waals surface area contributed by atoms with Gasteiger partial charge in [0.2, 0.25) is 5.91 Å². The van der Waals surface area contributed by atoms with E-state index in [2.05, 4.69) is 26.1 Å². The predicted octanol–water partition coefficient (Wildman–Crippen LogP) is 0.923. The molecule has 0 bridgehead atoms. The highest BCUT2D eigenvalue weighted by atomic mass is 79.9. The number of aromatic carboxylic acids is 1. The number of carbonyl (C=O) groups is 2. The van der Waals surface area contributed by atoms with Crippen LogP contribution in [-0.4, -0.2) is 39.1 Å². The molecule has 6 nitrogen and oxygen atoms in total. The minimum Gasteiger partial charge on any atom is -0.476 e. The van der Waals surface area contributed by atoms with E-state index in [1.54, 1.807) is 0 Å². The van der Waals surface area contributed by atoms with Gasteiger partial charge in [-0.25, -0.2) is 4.79 Å². The monoisotopic (exact) mass is 299 g/mol. The van der Waals surface area contributed by atoms with E-state index in [-0.39, 0.29) is 17.5 Å². The van der Waals surface area contributed by atoms with E-state index in [4.69, 9.17) is 5.11 Å². The molecule has 0 aliphatic carbocycles. The molecule has 1 N–H and O–H groups in total. The predicted molar refractivity (Wildman–Crippen MR) is 63.2 cm³/mol. The van der Waals surface area contributed by atoms with Crippen molar-refractivity contribution >= 4 is 33.6 Å². The van der Waals surface area contributed by atoms with Crippen molar-refractivity contribution in [1.82, 2.24) is 10.2 Å². The zero-order valence-electron chi connectivity index (χ0n) is 8.84. The molecule has 2 rings (SSSR count). The molecule has 1 unspecified atom stereocenters. The van der Waals surface area contributed by atoms with Crippen LogP contribution in [0.15, 0.2) is 12.1 Å². The molecule has 0 radical (unpaired) electrons. The smallest absolute Gasteiger partial charge is 0.356 e. The molecular weight excluding hydrogens is 290 g/mol. The molecule has 0 saturated carbocycles. The first-order chi connectivity index (χ1) is 8.11. The van der Waals surface area contributed by atoms with Gasteiger partial charge in [-0.2, -0.15) is 0 Å². The molecule has 7 heteroatoms. The van der Waals surface area contributed by atoms with Gasteiger partial charge in [0.1, 0.15) is 0 Å². The molecule has 1 amide bonds. The maximum atomic E-state index is 11.7. The van der Waals surface area contributed by atoms with E-state index < -0.39 is 5.97 Å². The van der Waals surface area contributed by atoms with Gasteiger partial charge in [0.25, 0.3) is 0 Å². The fourth-order valence-electron chi connectivity index (χ4n) is 1.69. The van der Waals surface area contributed by atoms with Gasteiger partial charge in [-0.1, -0.05) is 15.9 Å². The second-order valence-electron chi connectivity index (χ2n) is 3.81. The van der Waals surface area contributed by atoms with Crippen LogP contribution in [0, 0.1) is 5.92 Å². The highest BCUT2D eigenvalue weighted by Gasteiger charge is 2.30. The Balaban J connectivity index is 2.18. The minimum absolute atomic E-state index is 0.00757. The summed E-state index contributed by atoms with van der Waals surface area (Å²) in [7, 11) is 0. The summed E-state index contributed by atoms with van der Waals surface area (Å²) in [5.74, 6) is -0.464. The minimum atomic E-state index is -1.13. The first kappa shape index (κ1) is 12.0. The van der Waals surface area contributed by atoms with Crippen molar-refractivity contribution in [3.63, 3.8) is 0 Å². The van der Waals surface area contributed by atoms with Gasteiger partial charge in [-0.3, -0.25) is 9.69 Å². The van der Waals surface area contributed by atoms with E-state index >= 15 is 0 Å². The Morgan fingerprint density at radius 1 is 1.53 bits per heavy atom. The Morgan fingerprint density at radius 2 is 2.29 bits per heavy atom. The van der Waals surface area contributed by atoms with Gasteiger partial charge in [0.05, 0.1) is 0 Å². The number of amides is 1. The molecule has 90 valence electrons. The number of carboxylic acids is 1. The Morgan fingerprint density at radius 3 is 2.76 bits per heavy atom. The standard InChI is InChI=1S/C10H10BrN3O3/c11-4-6-3-9(15)14(5-6)8-2-1-7(10(16)17)12-13-8/h1-2,6H,3-5H2,(H,16,17). The molecule has 1 atom stereocenters. The Hall–Kier alpha value is -1.50. The van der Waals surface area contributed by atoms with Crippen LogP contribution in [0.25, 0.3) is 0 Å². The van der Waals surface area contributed by atoms with E-state index in [1.165, 1.54) is 17.0 Å². The summed E-state index contributed by atoms with van der Waals surface area (Å²) in [5, 5.41) is 16.8. The maximum Gasteiger partial charge on any atom is 0.356 e. The largest absolute Gasteiger partial charge is 0.476 e. The van der Waals surface area contributed by atoms with E-state index in [1.807, 2.05) is 0 Å². The number of hydrogen-bond donors (Lipinski definition) is 1. The normalized spacial score (nSPS) is 19.7. The zero-order valence-corrected chi connectivity index (χ0v) is 10.4. The maximum absolute atomic E-state index is 11.7. The number of carbonyl (C=O) groups excluding carboxylic acids is 1. The molecule has 17 heavy (non-hydrogen) atoms. The number of halogens is 1. The van der Waals surface area contributed by atoms with Crippen LogP contribution in [0.1, 0.15) is 16.9 Å². The van der Waals surface area contributed by atoms with E-state index in [0.717, 1.165) is 5.33 Å². The number of hydrogen-bond acceptors (Lipinski definition) is 4. The van der Waals surface area contributed by atoms with Crippen LogP contribution in [0.5, 0.6) is 0 Å². The Labute approximate surface area is 106 Å². The lowest BCUT2D eigenvalue weighted by Gasteiger charge is -2.14. The van der Waals surface area contributed by atoms with Gasteiger partial charge in [-0.15, -0.1) is 10.2 Å². The summed E-state index contributed by atoms with van der Waals surface area (Å²) in [6.45, 7) is 0.588. The quantitative estimate of drug-likeness (QED) is 0.839. The van der Waals surface area contributed by atoms with Crippen LogP contribution in [-0.2, 0) is 4.79 Å². The molecule has 1 saturated heterocycles. The van der Waals surface area contributed by atoms with Crippen LogP contribution >= 0.6 is 15.9 Å². The third kappa shape index (κ3) is 2.44. The van der Waals surface area contributed by atoms with Crippen molar-refractivity contribution in [3.8, 4) is 0 Å². The van der Waals surface area contributed by atoms with E-state index in [9.17, 15) is 9.59 Å². The highest BCUT2D eigenvalue weighted by Crippen LogP contribution is 2.24. The molecule has 1 aromatic heterocycles. The number of anilines is 1. The number of alkyl halides is 1. The van der Waals surface area contributed by atoms with Crippen molar-refractivity contribution < 1.29 is 14.7 Å². The molecule has 0 aromatic carbocycles. The topological polar surface area (TPSA) is 83.4 Å². The van der Waals surface area contributed by atoms with Crippen molar-refractivity contribution in [2.24, 2.45) is 5.92 Å². The van der Waals surface area contributed by atoms with Crippen LogP contribution in [0.2, 0.25) is 0 Å². The molecule has 1 fully saturated rings. The molecule has 0 spiro atoms. The third-order valence-electron chi connectivity index (χ3n) is 2.57. The number of nitrogens with zero attached hydrogens (tertiary/aromatic N) is 3. The summed E-state index contributed by atoms with van der Waals surface area (Å²) in [5.41, 5.74) is -0.127. The molecule has 1 aromatic rings. The van der Waals surface area contributed by atoms with Crippen LogP contribution in [0.3, 0.4) is 0 Å². The summed E-state index contributed by atoms with van der Waals surface area (Å²) in [6.07, 6.45) is 0.480. The first-order valence-corrected chi connectivity index (χ1v) is 6.17. The van der Waals surface area contributed by atoms with Crippen molar-refractivity contribution in [2.45, 2.75) is 6.42 Å². The SMILES string of the molecule is O=C(O)c1ccc(N2CC(CBr)CC2=O)nn1. The second-order valence-corrected chi connectivity index (χ2v) is 4.46. The zero-order chi connectivity index (χ0) is 12.4.